The molecule has 1 aliphatic heterocycles. The van der Waals surface area contributed by atoms with E-state index in [-0.39, 0.29) is 0 Å². The maximum atomic E-state index is 5.52. The third-order valence-corrected chi connectivity index (χ3v) is 4.31. The van der Waals surface area contributed by atoms with Crippen molar-refractivity contribution >= 4 is 21.6 Å². The highest BCUT2D eigenvalue weighted by Crippen LogP contribution is 2.36. The highest BCUT2D eigenvalue weighted by Gasteiger charge is 2.16. The molecule has 0 unspecified atom stereocenters. The fourth-order valence-electron chi connectivity index (χ4n) is 2.31. The molecule has 4 rings (SSSR count). The Morgan fingerprint density at radius 2 is 2.00 bits per heavy atom. The smallest absolute Gasteiger partial charge is 0.218 e. The highest BCUT2D eigenvalue weighted by molar-refractivity contribution is 7.21. The van der Waals surface area contributed by atoms with Gasteiger partial charge in [0.15, 0.2) is 0 Å². The summed E-state index contributed by atoms with van der Waals surface area (Å²) in [6.45, 7) is 0.769. The van der Waals surface area contributed by atoms with Crippen molar-refractivity contribution in [3.8, 4) is 16.3 Å². The first-order valence-electron chi connectivity index (χ1n) is 6.02. The van der Waals surface area contributed by atoms with Gasteiger partial charge in [0.25, 0.3) is 0 Å². The lowest BCUT2D eigenvalue weighted by molar-refractivity contribution is 0.346. The van der Waals surface area contributed by atoms with Gasteiger partial charge in [-0.15, -0.1) is 11.3 Å². The lowest BCUT2D eigenvalue weighted by atomic mass is 10.1. The van der Waals surface area contributed by atoms with Crippen LogP contribution in [0.1, 0.15) is 5.56 Å². The third-order valence-electron chi connectivity index (χ3n) is 3.22. The fourth-order valence-corrected chi connectivity index (χ4v) is 3.32. The van der Waals surface area contributed by atoms with Crippen molar-refractivity contribution < 1.29 is 4.74 Å². The van der Waals surface area contributed by atoms with Gasteiger partial charge < -0.3 is 4.74 Å². The Labute approximate surface area is 109 Å². The molecule has 88 valence electrons. The molecule has 0 radical (unpaired) electrons. The molecule has 0 saturated carbocycles. The number of hydrogen-bond donors (Lipinski definition) is 0. The van der Waals surface area contributed by atoms with E-state index in [1.54, 1.807) is 11.3 Å². The van der Waals surface area contributed by atoms with Gasteiger partial charge in [0.1, 0.15) is 4.83 Å². The van der Waals surface area contributed by atoms with Crippen LogP contribution in [0.2, 0.25) is 0 Å². The molecule has 2 aromatic heterocycles. The van der Waals surface area contributed by atoms with Crippen LogP contribution in [0.25, 0.3) is 20.7 Å². The van der Waals surface area contributed by atoms with Crippen molar-refractivity contribution in [2.75, 3.05) is 6.61 Å². The minimum atomic E-state index is 0.769. The highest BCUT2D eigenvalue weighted by atomic mass is 32.1. The summed E-state index contributed by atoms with van der Waals surface area (Å²) in [4.78, 5) is 6.93. The normalized spacial score (nSPS) is 13.6. The lowest BCUT2D eigenvalue weighted by Gasteiger charge is -1.96. The Bertz CT molecular complexity index is 677. The van der Waals surface area contributed by atoms with Gasteiger partial charge in [-0.05, 0) is 17.7 Å². The molecule has 2 nitrogen and oxygen atoms in total. The van der Waals surface area contributed by atoms with Crippen molar-refractivity contribution in [1.29, 1.82) is 0 Å². The quantitative estimate of drug-likeness (QED) is 0.656. The number of nitrogens with zero attached hydrogens (tertiary/aromatic N) is 1. The molecule has 0 aliphatic carbocycles. The Balaban J connectivity index is 1.90. The summed E-state index contributed by atoms with van der Waals surface area (Å²) in [6, 6.07) is 14.9. The standard InChI is InChI=1S/C15H11NOS/c1-2-4-10(5-3-1)13-9-12-8-11-6-7-17-14(11)16-15(12)18-13/h1-5,8-9H,6-7H2. The molecule has 0 N–H and O–H groups in total. The molecule has 0 fully saturated rings. The molecular weight excluding hydrogens is 242 g/mol. The van der Waals surface area contributed by atoms with Crippen LogP contribution in [0.3, 0.4) is 0 Å². The first-order valence-corrected chi connectivity index (χ1v) is 6.83. The van der Waals surface area contributed by atoms with Gasteiger partial charge in [0.05, 0.1) is 6.61 Å². The molecule has 3 aromatic rings. The van der Waals surface area contributed by atoms with E-state index in [4.69, 9.17) is 4.74 Å². The maximum Gasteiger partial charge on any atom is 0.218 e. The van der Waals surface area contributed by atoms with Crippen LogP contribution in [0.15, 0.2) is 42.5 Å². The number of ether oxygens (including phenoxy) is 1. The third kappa shape index (κ3) is 1.51. The molecule has 0 amide bonds. The number of benzene rings is 1. The summed E-state index contributed by atoms with van der Waals surface area (Å²) in [7, 11) is 0. The Hall–Kier alpha value is -1.87. The van der Waals surface area contributed by atoms with Crippen LogP contribution in [-0.4, -0.2) is 11.6 Å². The molecule has 0 atom stereocenters. The molecule has 0 saturated heterocycles. The van der Waals surface area contributed by atoms with E-state index in [1.807, 2.05) is 6.07 Å². The summed E-state index contributed by atoms with van der Waals surface area (Å²) in [5, 5.41) is 1.23. The number of aromatic nitrogens is 1. The van der Waals surface area contributed by atoms with E-state index in [9.17, 15) is 0 Å². The van der Waals surface area contributed by atoms with Gasteiger partial charge in [-0.3, -0.25) is 0 Å². The maximum absolute atomic E-state index is 5.52. The van der Waals surface area contributed by atoms with Crippen LogP contribution < -0.4 is 4.74 Å². The zero-order chi connectivity index (χ0) is 11.9. The SMILES string of the molecule is c1ccc(-c2cc3cc4c(nc3s2)OCC4)cc1. The van der Waals surface area contributed by atoms with Crippen LogP contribution in [0.4, 0.5) is 0 Å². The van der Waals surface area contributed by atoms with Crippen molar-refractivity contribution in [1.82, 2.24) is 4.98 Å². The van der Waals surface area contributed by atoms with Gasteiger partial charge in [0, 0.05) is 22.2 Å². The Kier molecular flexibility index (Phi) is 2.14. The van der Waals surface area contributed by atoms with Crippen molar-refractivity contribution in [2.45, 2.75) is 6.42 Å². The molecule has 3 heterocycles. The first-order chi connectivity index (χ1) is 8.90. The van der Waals surface area contributed by atoms with E-state index in [2.05, 4.69) is 41.4 Å². The lowest BCUT2D eigenvalue weighted by Crippen LogP contribution is -1.87. The van der Waals surface area contributed by atoms with Crippen molar-refractivity contribution in [3.63, 3.8) is 0 Å². The molecule has 1 aliphatic rings. The number of rotatable bonds is 1. The van der Waals surface area contributed by atoms with Crippen molar-refractivity contribution in [3.05, 3.63) is 48.0 Å². The van der Waals surface area contributed by atoms with Crippen LogP contribution in [-0.2, 0) is 6.42 Å². The summed E-state index contributed by atoms with van der Waals surface area (Å²) >= 11 is 1.73. The summed E-state index contributed by atoms with van der Waals surface area (Å²) in [5.41, 5.74) is 2.49. The Morgan fingerprint density at radius 3 is 2.89 bits per heavy atom. The van der Waals surface area contributed by atoms with Gasteiger partial charge >= 0.3 is 0 Å². The average Bonchev–Trinajstić information content (AvgIpc) is 3.01. The summed E-state index contributed by atoms with van der Waals surface area (Å²) in [6.07, 6.45) is 0.981. The van der Waals surface area contributed by atoms with Gasteiger partial charge in [-0.25, -0.2) is 4.98 Å². The molecule has 3 heteroatoms. The Morgan fingerprint density at radius 1 is 1.11 bits per heavy atom. The summed E-state index contributed by atoms with van der Waals surface area (Å²) < 4.78 is 5.52. The predicted octanol–water partition coefficient (Wildman–Crippen LogP) is 3.90. The number of pyridine rings is 1. The van der Waals surface area contributed by atoms with Gasteiger partial charge in [-0.2, -0.15) is 0 Å². The number of thiophene rings is 1. The fraction of sp³-hybridized carbons (Fsp3) is 0.133. The minimum absolute atomic E-state index is 0.769. The first kappa shape index (κ1) is 10.1. The second-order valence-corrected chi connectivity index (χ2v) is 5.45. The zero-order valence-corrected chi connectivity index (χ0v) is 10.5. The second kappa shape index (κ2) is 3.82. The van der Waals surface area contributed by atoms with Crippen molar-refractivity contribution in [2.24, 2.45) is 0 Å². The van der Waals surface area contributed by atoms with Crippen LogP contribution in [0.5, 0.6) is 5.88 Å². The number of hydrogen-bond acceptors (Lipinski definition) is 3. The monoisotopic (exact) mass is 253 g/mol. The van der Waals surface area contributed by atoms with Gasteiger partial charge in [-0.1, -0.05) is 30.3 Å². The zero-order valence-electron chi connectivity index (χ0n) is 9.72. The topological polar surface area (TPSA) is 22.1 Å². The molecule has 0 spiro atoms. The van der Waals surface area contributed by atoms with Crippen LogP contribution in [0, 0.1) is 0 Å². The van der Waals surface area contributed by atoms with E-state index in [1.165, 1.54) is 21.4 Å². The largest absolute Gasteiger partial charge is 0.477 e. The second-order valence-electron chi connectivity index (χ2n) is 4.42. The number of fused-ring (bicyclic) bond motifs is 2. The van der Waals surface area contributed by atoms with E-state index < -0.39 is 0 Å². The predicted molar refractivity (Wildman–Crippen MR) is 74.3 cm³/mol. The van der Waals surface area contributed by atoms with Crippen LogP contribution >= 0.6 is 11.3 Å². The van der Waals surface area contributed by atoms with E-state index in [0.717, 1.165) is 23.7 Å². The summed E-state index contributed by atoms with van der Waals surface area (Å²) in [5.74, 6) is 0.823. The van der Waals surface area contributed by atoms with E-state index in [0.29, 0.717) is 0 Å². The van der Waals surface area contributed by atoms with E-state index >= 15 is 0 Å². The molecule has 0 bridgehead atoms. The molecular formula is C15H11NOS. The molecule has 1 aromatic carbocycles. The van der Waals surface area contributed by atoms with Gasteiger partial charge in [0.2, 0.25) is 5.88 Å². The average molecular weight is 253 g/mol. The molecule has 18 heavy (non-hydrogen) atoms. The minimum Gasteiger partial charge on any atom is -0.477 e.